The normalized spacial score (nSPS) is 17.2. The Morgan fingerprint density at radius 1 is 1.64 bits per heavy atom. The van der Waals surface area contributed by atoms with E-state index in [1.54, 1.807) is 23.1 Å². The van der Waals surface area contributed by atoms with E-state index in [9.17, 15) is 0 Å². The number of rotatable bonds is 1. The Morgan fingerprint density at radius 3 is 3.09 bits per heavy atom. The van der Waals surface area contributed by atoms with Gasteiger partial charge in [0.2, 0.25) is 0 Å². The average Bonchev–Trinajstić information content (AvgIpc) is 2.55. The van der Waals surface area contributed by atoms with E-state index >= 15 is 0 Å². The van der Waals surface area contributed by atoms with E-state index in [0.717, 1.165) is 10.9 Å². The molecule has 1 aromatic rings. The molecule has 0 bridgehead atoms. The van der Waals surface area contributed by atoms with Crippen molar-refractivity contribution in [3.05, 3.63) is 22.4 Å². The van der Waals surface area contributed by atoms with Gasteiger partial charge in [0.05, 0.1) is 5.88 Å². The van der Waals surface area contributed by atoms with Gasteiger partial charge in [-0.1, -0.05) is 11.8 Å². The van der Waals surface area contributed by atoms with Crippen molar-refractivity contribution in [3.8, 4) is 0 Å². The fraction of sp³-hybridized carbons (Fsp3) is 0.286. The van der Waals surface area contributed by atoms with Gasteiger partial charge in [0.15, 0.2) is 0 Å². The highest BCUT2D eigenvalue weighted by molar-refractivity contribution is 8.14. The molecular weight excluding hydrogens is 176 g/mol. The quantitative estimate of drug-likeness (QED) is 0.664. The van der Waals surface area contributed by atoms with Crippen molar-refractivity contribution in [1.82, 2.24) is 5.01 Å². The number of hydrogen-bond donors (Lipinski definition) is 0. The molecule has 1 aliphatic heterocycles. The third-order valence-electron chi connectivity index (χ3n) is 1.42. The molecule has 0 saturated carbocycles. The van der Waals surface area contributed by atoms with Crippen LogP contribution in [-0.4, -0.2) is 23.0 Å². The third kappa shape index (κ3) is 1.41. The van der Waals surface area contributed by atoms with Crippen LogP contribution in [-0.2, 0) is 0 Å². The molecule has 0 saturated heterocycles. The van der Waals surface area contributed by atoms with Crippen LogP contribution in [0.2, 0.25) is 0 Å². The number of hydrazone groups is 1. The zero-order chi connectivity index (χ0) is 7.68. The molecule has 0 fully saturated rings. The smallest absolute Gasteiger partial charge is 0.126 e. The lowest BCUT2D eigenvalue weighted by atomic mass is 10.4. The van der Waals surface area contributed by atoms with Gasteiger partial charge >= 0.3 is 0 Å². The van der Waals surface area contributed by atoms with E-state index in [1.807, 2.05) is 12.1 Å². The molecule has 0 atom stereocenters. The molecule has 0 N–H and O–H groups in total. The second-order valence-corrected chi connectivity index (χ2v) is 4.06. The van der Waals surface area contributed by atoms with Crippen molar-refractivity contribution < 1.29 is 0 Å². The highest BCUT2D eigenvalue weighted by Gasteiger charge is 2.12. The topological polar surface area (TPSA) is 15.6 Å². The van der Waals surface area contributed by atoms with Gasteiger partial charge in [0.25, 0.3) is 0 Å². The second-order valence-electron chi connectivity index (χ2n) is 2.35. The molecule has 1 aliphatic rings. The van der Waals surface area contributed by atoms with Gasteiger partial charge < -0.3 is 0 Å². The zero-order valence-electron chi connectivity index (χ0n) is 6.15. The maximum atomic E-state index is 4.35. The first kappa shape index (κ1) is 7.18. The predicted molar refractivity (Wildman–Crippen MR) is 51.1 cm³/mol. The van der Waals surface area contributed by atoms with Crippen molar-refractivity contribution in [2.75, 3.05) is 12.9 Å². The Kier molecular flexibility index (Phi) is 1.87. The standard InChI is InChI=1S/C7H8N2S2/c1-9-5-11-7(8-9)6-2-3-10-4-6/h2-4H,5H2,1H3. The minimum absolute atomic E-state index is 0.977. The van der Waals surface area contributed by atoms with Crippen LogP contribution in [0.5, 0.6) is 0 Å². The summed E-state index contributed by atoms with van der Waals surface area (Å²) in [6.45, 7) is 0. The minimum Gasteiger partial charge on any atom is -0.289 e. The number of thiophene rings is 1. The molecular formula is C7H8N2S2. The van der Waals surface area contributed by atoms with E-state index in [2.05, 4.69) is 21.9 Å². The summed E-state index contributed by atoms with van der Waals surface area (Å²) < 4.78 is 0. The Hall–Kier alpha value is -0.480. The predicted octanol–water partition coefficient (Wildman–Crippen LogP) is 2.05. The number of hydrogen-bond acceptors (Lipinski definition) is 4. The van der Waals surface area contributed by atoms with E-state index in [1.165, 1.54) is 5.56 Å². The summed E-state index contributed by atoms with van der Waals surface area (Å²) in [5, 5.41) is 11.7. The van der Waals surface area contributed by atoms with Crippen LogP contribution in [0.25, 0.3) is 0 Å². The zero-order valence-corrected chi connectivity index (χ0v) is 7.78. The first-order valence-corrected chi connectivity index (χ1v) is 5.24. The van der Waals surface area contributed by atoms with Crippen molar-refractivity contribution in [1.29, 1.82) is 0 Å². The van der Waals surface area contributed by atoms with Gasteiger partial charge in [-0.3, -0.25) is 5.01 Å². The number of nitrogens with zero attached hydrogens (tertiary/aromatic N) is 2. The van der Waals surface area contributed by atoms with Crippen LogP contribution in [0.1, 0.15) is 5.56 Å². The van der Waals surface area contributed by atoms with Crippen molar-refractivity contribution in [3.63, 3.8) is 0 Å². The maximum Gasteiger partial charge on any atom is 0.126 e. The molecule has 2 nitrogen and oxygen atoms in total. The van der Waals surface area contributed by atoms with Crippen LogP contribution < -0.4 is 0 Å². The van der Waals surface area contributed by atoms with Gasteiger partial charge in [0.1, 0.15) is 5.04 Å². The van der Waals surface area contributed by atoms with Crippen molar-refractivity contribution in [2.45, 2.75) is 0 Å². The third-order valence-corrected chi connectivity index (χ3v) is 3.19. The summed E-state index contributed by atoms with van der Waals surface area (Å²) in [6.07, 6.45) is 0. The summed E-state index contributed by atoms with van der Waals surface area (Å²) in [5.41, 5.74) is 1.25. The lowest BCUT2D eigenvalue weighted by Gasteiger charge is -1.99. The Bertz CT molecular complexity index is 266. The Morgan fingerprint density at radius 2 is 2.55 bits per heavy atom. The Labute approximate surface area is 73.9 Å². The first-order chi connectivity index (χ1) is 5.36. The van der Waals surface area contributed by atoms with E-state index in [0.29, 0.717) is 0 Å². The fourth-order valence-electron chi connectivity index (χ4n) is 0.895. The minimum atomic E-state index is 0.977. The molecule has 11 heavy (non-hydrogen) atoms. The molecule has 2 heterocycles. The molecule has 0 radical (unpaired) electrons. The maximum absolute atomic E-state index is 4.35. The largest absolute Gasteiger partial charge is 0.289 e. The summed E-state index contributed by atoms with van der Waals surface area (Å²) in [4.78, 5) is 0. The highest BCUT2D eigenvalue weighted by atomic mass is 32.2. The van der Waals surface area contributed by atoms with Crippen LogP contribution in [0.3, 0.4) is 0 Å². The average molecular weight is 184 g/mol. The summed E-state index contributed by atoms with van der Waals surface area (Å²) in [7, 11) is 1.99. The molecule has 0 unspecified atom stereocenters. The molecule has 0 aliphatic carbocycles. The summed E-state index contributed by atoms with van der Waals surface area (Å²) in [6, 6.07) is 2.11. The van der Waals surface area contributed by atoms with E-state index in [4.69, 9.17) is 0 Å². The van der Waals surface area contributed by atoms with Gasteiger partial charge in [-0.25, -0.2) is 0 Å². The van der Waals surface area contributed by atoms with E-state index < -0.39 is 0 Å². The lowest BCUT2D eigenvalue weighted by Crippen LogP contribution is -2.02. The molecule has 58 valence electrons. The molecule has 0 spiro atoms. The molecule has 2 rings (SSSR count). The Balaban J connectivity index is 2.25. The van der Waals surface area contributed by atoms with Crippen LogP contribution in [0.15, 0.2) is 21.9 Å². The van der Waals surface area contributed by atoms with Gasteiger partial charge in [0, 0.05) is 18.0 Å². The van der Waals surface area contributed by atoms with Crippen molar-refractivity contribution in [2.24, 2.45) is 5.10 Å². The summed E-state index contributed by atoms with van der Waals surface area (Å²) >= 11 is 3.51. The number of thioether (sulfide) groups is 1. The van der Waals surface area contributed by atoms with Gasteiger partial charge in [-0.2, -0.15) is 16.4 Å². The van der Waals surface area contributed by atoms with Crippen LogP contribution in [0, 0.1) is 0 Å². The van der Waals surface area contributed by atoms with Crippen molar-refractivity contribution >= 4 is 28.1 Å². The molecule has 0 amide bonds. The van der Waals surface area contributed by atoms with Crippen LogP contribution in [0.4, 0.5) is 0 Å². The molecule has 4 heteroatoms. The first-order valence-electron chi connectivity index (χ1n) is 3.31. The monoisotopic (exact) mass is 184 g/mol. The van der Waals surface area contributed by atoms with E-state index in [-0.39, 0.29) is 0 Å². The van der Waals surface area contributed by atoms with Gasteiger partial charge in [-0.15, -0.1) is 0 Å². The SMILES string of the molecule is CN1CSC(c2ccsc2)=N1. The second kappa shape index (κ2) is 2.87. The summed E-state index contributed by atoms with van der Waals surface area (Å²) in [5.74, 6) is 0.977. The molecule has 1 aromatic heterocycles. The van der Waals surface area contributed by atoms with Gasteiger partial charge in [-0.05, 0) is 11.4 Å². The lowest BCUT2D eigenvalue weighted by molar-refractivity contribution is 0.430. The molecule has 0 aromatic carbocycles. The fourth-order valence-corrected chi connectivity index (χ4v) is 2.47. The highest BCUT2D eigenvalue weighted by Crippen LogP contribution is 2.22. The van der Waals surface area contributed by atoms with Crippen LogP contribution >= 0.6 is 23.1 Å².